The molecule has 1 fully saturated rings. The van der Waals surface area contributed by atoms with Crippen LogP contribution in [0.4, 0.5) is 0 Å². The molecule has 0 radical (unpaired) electrons. The Morgan fingerprint density at radius 2 is 1.77 bits per heavy atom. The van der Waals surface area contributed by atoms with Crippen molar-refractivity contribution in [1.29, 1.82) is 0 Å². The Bertz CT molecular complexity index is 136. The first-order valence-electron chi connectivity index (χ1n) is 5.83. The minimum atomic E-state index is 0.827. The lowest BCUT2D eigenvalue weighted by Crippen LogP contribution is -2.28. The fourth-order valence-electron chi connectivity index (χ4n) is 1.80. The van der Waals surface area contributed by atoms with Crippen LogP contribution in [0.5, 0.6) is 0 Å². The van der Waals surface area contributed by atoms with Crippen LogP contribution in [0.2, 0.25) is 0 Å². The van der Waals surface area contributed by atoms with Gasteiger partial charge in [-0.15, -0.1) is 0 Å². The van der Waals surface area contributed by atoms with Crippen LogP contribution in [0.3, 0.4) is 0 Å². The highest BCUT2D eigenvalue weighted by Crippen LogP contribution is 2.23. The summed E-state index contributed by atoms with van der Waals surface area (Å²) in [6.07, 6.45) is 4.19. The van der Waals surface area contributed by atoms with E-state index in [1.807, 2.05) is 0 Å². The zero-order valence-corrected chi connectivity index (χ0v) is 9.64. The number of rotatable bonds is 6. The van der Waals surface area contributed by atoms with E-state index in [1.54, 1.807) is 0 Å². The molecule has 0 amide bonds. The third-order valence-corrected chi connectivity index (χ3v) is 2.96. The Morgan fingerprint density at radius 1 is 1.15 bits per heavy atom. The molecular formula is C12H25N. The predicted octanol–water partition coefficient (Wildman–Crippen LogP) is 3.06. The van der Waals surface area contributed by atoms with Crippen LogP contribution in [0.25, 0.3) is 0 Å². The first kappa shape index (κ1) is 11.0. The summed E-state index contributed by atoms with van der Waals surface area (Å²) in [5.74, 6) is 2.54. The van der Waals surface area contributed by atoms with E-state index in [-0.39, 0.29) is 0 Å². The maximum atomic E-state index is 3.64. The molecule has 1 aliphatic carbocycles. The average Bonchev–Trinajstić information content (AvgIpc) is 2.79. The SMILES string of the molecule is CC(C)CC(CNC1CC1)C(C)C. The first-order chi connectivity index (χ1) is 6.09. The molecule has 0 aromatic rings. The summed E-state index contributed by atoms with van der Waals surface area (Å²) in [4.78, 5) is 0. The molecule has 0 spiro atoms. The van der Waals surface area contributed by atoms with Gasteiger partial charge in [0.1, 0.15) is 0 Å². The van der Waals surface area contributed by atoms with Gasteiger partial charge in [0.15, 0.2) is 0 Å². The van der Waals surface area contributed by atoms with Crippen molar-refractivity contribution in [2.45, 2.75) is 53.0 Å². The van der Waals surface area contributed by atoms with Crippen LogP contribution in [-0.4, -0.2) is 12.6 Å². The molecule has 0 aromatic heterocycles. The third-order valence-electron chi connectivity index (χ3n) is 2.96. The van der Waals surface area contributed by atoms with E-state index in [2.05, 4.69) is 33.0 Å². The maximum Gasteiger partial charge on any atom is 0.00683 e. The second-order valence-corrected chi connectivity index (χ2v) is 5.32. The predicted molar refractivity (Wildman–Crippen MR) is 58.8 cm³/mol. The molecule has 0 saturated heterocycles. The summed E-state index contributed by atoms with van der Waals surface area (Å²) < 4.78 is 0. The van der Waals surface area contributed by atoms with E-state index in [0.29, 0.717) is 0 Å². The number of hydrogen-bond acceptors (Lipinski definition) is 1. The lowest BCUT2D eigenvalue weighted by atomic mass is 9.87. The maximum absolute atomic E-state index is 3.64. The van der Waals surface area contributed by atoms with Crippen LogP contribution >= 0.6 is 0 Å². The highest BCUT2D eigenvalue weighted by atomic mass is 14.9. The lowest BCUT2D eigenvalue weighted by Gasteiger charge is -2.23. The van der Waals surface area contributed by atoms with E-state index >= 15 is 0 Å². The van der Waals surface area contributed by atoms with Crippen LogP contribution < -0.4 is 5.32 Å². The number of nitrogens with one attached hydrogen (secondary N) is 1. The zero-order chi connectivity index (χ0) is 9.84. The topological polar surface area (TPSA) is 12.0 Å². The van der Waals surface area contributed by atoms with Crippen molar-refractivity contribution in [3.05, 3.63) is 0 Å². The first-order valence-corrected chi connectivity index (χ1v) is 5.83. The normalized spacial score (nSPS) is 19.8. The summed E-state index contributed by atoms with van der Waals surface area (Å²) in [5.41, 5.74) is 0. The van der Waals surface area contributed by atoms with Crippen molar-refractivity contribution < 1.29 is 0 Å². The molecule has 0 aromatic carbocycles. The number of hydrogen-bond donors (Lipinski definition) is 1. The molecular weight excluding hydrogens is 158 g/mol. The van der Waals surface area contributed by atoms with Gasteiger partial charge in [0.2, 0.25) is 0 Å². The Morgan fingerprint density at radius 3 is 2.15 bits per heavy atom. The molecule has 0 aliphatic heterocycles. The van der Waals surface area contributed by atoms with Gasteiger partial charge in [-0.05, 0) is 43.6 Å². The smallest absolute Gasteiger partial charge is 0.00683 e. The van der Waals surface area contributed by atoms with E-state index in [4.69, 9.17) is 0 Å². The molecule has 0 bridgehead atoms. The van der Waals surface area contributed by atoms with Gasteiger partial charge >= 0.3 is 0 Å². The summed E-state index contributed by atoms with van der Waals surface area (Å²) in [5, 5.41) is 3.64. The molecule has 1 rings (SSSR count). The zero-order valence-electron chi connectivity index (χ0n) is 9.64. The van der Waals surface area contributed by atoms with Crippen LogP contribution in [0, 0.1) is 17.8 Å². The standard InChI is InChI=1S/C12H25N/c1-9(2)7-11(10(3)4)8-13-12-5-6-12/h9-13H,5-8H2,1-4H3. The molecule has 78 valence electrons. The van der Waals surface area contributed by atoms with Crippen molar-refractivity contribution in [2.75, 3.05) is 6.54 Å². The fraction of sp³-hybridized carbons (Fsp3) is 1.00. The summed E-state index contributed by atoms with van der Waals surface area (Å²) in [7, 11) is 0. The minimum absolute atomic E-state index is 0.827. The van der Waals surface area contributed by atoms with Crippen molar-refractivity contribution in [1.82, 2.24) is 5.32 Å². The molecule has 1 nitrogen and oxygen atoms in total. The summed E-state index contributed by atoms with van der Waals surface area (Å²) >= 11 is 0. The van der Waals surface area contributed by atoms with Gasteiger partial charge < -0.3 is 5.32 Å². The highest BCUT2D eigenvalue weighted by molar-refractivity contribution is 4.82. The van der Waals surface area contributed by atoms with Gasteiger partial charge in [-0.3, -0.25) is 0 Å². The van der Waals surface area contributed by atoms with Gasteiger partial charge in [0.05, 0.1) is 0 Å². The van der Waals surface area contributed by atoms with Crippen molar-refractivity contribution in [3.63, 3.8) is 0 Å². The highest BCUT2D eigenvalue weighted by Gasteiger charge is 2.23. The molecule has 13 heavy (non-hydrogen) atoms. The van der Waals surface area contributed by atoms with E-state index in [1.165, 1.54) is 25.8 Å². The Balaban J connectivity index is 2.19. The van der Waals surface area contributed by atoms with Crippen LogP contribution in [0.1, 0.15) is 47.0 Å². The Hall–Kier alpha value is -0.0400. The van der Waals surface area contributed by atoms with Crippen molar-refractivity contribution >= 4 is 0 Å². The van der Waals surface area contributed by atoms with Crippen LogP contribution in [0.15, 0.2) is 0 Å². The Labute approximate surface area is 83.3 Å². The van der Waals surface area contributed by atoms with Gasteiger partial charge in [-0.25, -0.2) is 0 Å². The molecule has 1 aliphatic rings. The van der Waals surface area contributed by atoms with Crippen molar-refractivity contribution in [3.8, 4) is 0 Å². The molecule has 1 heteroatoms. The Kier molecular flexibility index (Phi) is 4.24. The second-order valence-electron chi connectivity index (χ2n) is 5.32. The van der Waals surface area contributed by atoms with Crippen LogP contribution in [-0.2, 0) is 0 Å². The average molecular weight is 183 g/mol. The second kappa shape index (κ2) is 4.99. The van der Waals surface area contributed by atoms with Gasteiger partial charge in [0.25, 0.3) is 0 Å². The minimum Gasteiger partial charge on any atom is -0.314 e. The van der Waals surface area contributed by atoms with E-state index in [9.17, 15) is 0 Å². The molecule has 0 heterocycles. The molecule has 1 saturated carbocycles. The molecule has 1 atom stereocenters. The monoisotopic (exact) mass is 183 g/mol. The van der Waals surface area contributed by atoms with E-state index in [0.717, 1.165) is 23.8 Å². The third kappa shape index (κ3) is 4.66. The molecule has 1 unspecified atom stereocenters. The van der Waals surface area contributed by atoms with Gasteiger partial charge in [0, 0.05) is 6.04 Å². The summed E-state index contributed by atoms with van der Waals surface area (Å²) in [6, 6.07) is 0.869. The fourth-order valence-corrected chi connectivity index (χ4v) is 1.80. The van der Waals surface area contributed by atoms with E-state index < -0.39 is 0 Å². The largest absolute Gasteiger partial charge is 0.314 e. The van der Waals surface area contributed by atoms with Crippen molar-refractivity contribution in [2.24, 2.45) is 17.8 Å². The van der Waals surface area contributed by atoms with Gasteiger partial charge in [-0.1, -0.05) is 27.7 Å². The lowest BCUT2D eigenvalue weighted by molar-refractivity contribution is 0.303. The summed E-state index contributed by atoms with van der Waals surface area (Å²) in [6.45, 7) is 10.6. The quantitative estimate of drug-likeness (QED) is 0.667. The molecule has 1 N–H and O–H groups in total. The van der Waals surface area contributed by atoms with Gasteiger partial charge in [-0.2, -0.15) is 0 Å².